The van der Waals surface area contributed by atoms with Crippen molar-refractivity contribution in [2.75, 3.05) is 7.05 Å². The topological polar surface area (TPSA) is 53.6 Å². The standard InChI is InChI=1S/C13H20N4/c1-9-10(2)16-17(11(9)3)12-5-6-13(7-12,8-14)15-4/h12,15H,5-7H2,1-4H3. The highest BCUT2D eigenvalue weighted by atomic mass is 15.3. The normalized spacial score (nSPS) is 28.3. The second kappa shape index (κ2) is 4.15. The Bertz CT molecular complexity index is 468. The number of hydrogen-bond acceptors (Lipinski definition) is 3. The van der Waals surface area contributed by atoms with E-state index in [0.717, 1.165) is 25.0 Å². The summed E-state index contributed by atoms with van der Waals surface area (Å²) in [5.74, 6) is 0. The third-order valence-corrected chi connectivity index (χ3v) is 4.21. The predicted octanol–water partition coefficient (Wildman–Crippen LogP) is 2.02. The molecule has 1 aromatic rings. The Hall–Kier alpha value is -1.34. The van der Waals surface area contributed by atoms with E-state index in [2.05, 4.69) is 35.0 Å². The Labute approximate surface area is 103 Å². The first-order valence-corrected chi connectivity index (χ1v) is 6.15. The minimum atomic E-state index is -0.356. The van der Waals surface area contributed by atoms with E-state index in [9.17, 15) is 5.26 Å². The molecule has 2 rings (SSSR count). The van der Waals surface area contributed by atoms with Crippen molar-refractivity contribution in [2.24, 2.45) is 0 Å². The molecule has 0 radical (unpaired) electrons. The lowest BCUT2D eigenvalue weighted by atomic mass is 10.00. The van der Waals surface area contributed by atoms with Crippen molar-refractivity contribution in [3.63, 3.8) is 0 Å². The smallest absolute Gasteiger partial charge is 0.108 e. The van der Waals surface area contributed by atoms with Gasteiger partial charge in [0.1, 0.15) is 5.54 Å². The molecule has 92 valence electrons. The largest absolute Gasteiger partial charge is 0.302 e. The highest BCUT2D eigenvalue weighted by molar-refractivity contribution is 5.24. The maximum atomic E-state index is 9.27. The zero-order chi connectivity index (χ0) is 12.6. The van der Waals surface area contributed by atoms with Crippen LogP contribution in [0.5, 0.6) is 0 Å². The Morgan fingerprint density at radius 2 is 2.18 bits per heavy atom. The van der Waals surface area contributed by atoms with Gasteiger partial charge in [-0.1, -0.05) is 0 Å². The summed E-state index contributed by atoms with van der Waals surface area (Å²) in [4.78, 5) is 0. The fourth-order valence-electron chi connectivity index (χ4n) is 2.71. The molecule has 1 heterocycles. The van der Waals surface area contributed by atoms with Gasteiger partial charge in [-0.25, -0.2) is 0 Å². The van der Waals surface area contributed by atoms with Gasteiger partial charge in [-0.05, 0) is 46.2 Å². The maximum Gasteiger partial charge on any atom is 0.108 e. The molecule has 4 nitrogen and oxygen atoms in total. The number of rotatable bonds is 2. The van der Waals surface area contributed by atoms with E-state index in [1.807, 2.05) is 14.0 Å². The van der Waals surface area contributed by atoms with Gasteiger partial charge in [-0.2, -0.15) is 10.4 Å². The van der Waals surface area contributed by atoms with Gasteiger partial charge in [0.15, 0.2) is 0 Å². The van der Waals surface area contributed by atoms with E-state index in [4.69, 9.17) is 0 Å². The third kappa shape index (κ3) is 1.85. The summed E-state index contributed by atoms with van der Waals surface area (Å²) >= 11 is 0. The van der Waals surface area contributed by atoms with Gasteiger partial charge in [0.2, 0.25) is 0 Å². The first-order valence-electron chi connectivity index (χ1n) is 6.15. The van der Waals surface area contributed by atoms with Gasteiger partial charge in [0, 0.05) is 12.1 Å². The number of aryl methyl sites for hydroxylation is 1. The highest BCUT2D eigenvalue weighted by Gasteiger charge is 2.39. The van der Waals surface area contributed by atoms with Crippen LogP contribution in [-0.4, -0.2) is 22.4 Å². The van der Waals surface area contributed by atoms with Crippen LogP contribution in [0.1, 0.15) is 42.3 Å². The van der Waals surface area contributed by atoms with Crippen LogP contribution in [0, 0.1) is 32.1 Å². The predicted molar refractivity (Wildman–Crippen MR) is 66.7 cm³/mol. The lowest BCUT2D eigenvalue weighted by Gasteiger charge is -2.20. The van der Waals surface area contributed by atoms with Crippen molar-refractivity contribution >= 4 is 0 Å². The summed E-state index contributed by atoms with van der Waals surface area (Å²) in [5, 5.41) is 17.0. The van der Waals surface area contributed by atoms with Crippen LogP contribution in [0.25, 0.3) is 0 Å². The molecule has 4 heteroatoms. The minimum absolute atomic E-state index is 0.356. The van der Waals surface area contributed by atoms with Crippen LogP contribution in [0.15, 0.2) is 0 Å². The average Bonchev–Trinajstić information content (AvgIpc) is 2.87. The second-order valence-electron chi connectivity index (χ2n) is 5.08. The lowest BCUT2D eigenvalue weighted by Crippen LogP contribution is -2.38. The molecule has 0 aliphatic heterocycles. The number of nitrogens with one attached hydrogen (secondary N) is 1. The van der Waals surface area contributed by atoms with E-state index in [-0.39, 0.29) is 5.54 Å². The van der Waals surface area contributed by atoms with Gasteiger partial charge in [-0.15, -0.1) is 0 Å². The van der Waals surface area contributed by atoms with Crippen LogP contribution in [0.2, 0.25) is 0 Å². The minimum Gasteiger partial charge on any atom is -0.302 e. The summed E-state index contributed by atoms with van der Waals surface area (Å²) in [6, 6.07) is 2.77. The van der Waals surface area contributed by atoms with Gasteiger partial charge < -0.3 is 5.32 Å². The van der Waals surface area contributed by atoms with Crippen molar-refractivity contribution in [1.29, 1.82) is 5.26 Å². The average molecular weight is 232 g/mol. The molecule has 1 aromatic heterocycles. The SMILES string of the molecule is CNC1(C#N)CCC(n2nc(C)c(C)c2C)C1. The molecule has 0 spiro atoms. The molecule has 17 heavy (non-hydrogen) atoms. The summed E-state index contributed by atoms with van der Waals surface area (Å²) < 4.78 is 2.11. The lowest BCUT2D eigenvalue weighted by molar-refractivity contribution is 0.404. The van der Waals surface area contributed by atoms with Crippen molar-refractivity contribution in [3.05, 3.63) is 17.0 Å². The fraction of sp³-hybridized carbons (Fsp3) is 0.692. The van der Waals surface area contributed by atoms with Gasteiger partial charge in [0.25, 0.3) is 0 Å². The second-order valence-corrected chi connectivity index (χ2v) is 5.08. The molecule has 2 atom stereocenters. The zero-order valence-electron chi connectivity index (χ0n) is 11.0. The number of hydrogen-bond donors (Lipinski definition) is 1. The van der Waals surface area contributed by atoms with Crippen LogP contribution in [0.3, 0.4) is 0 Å². The molecular weight excluding hydrogens is 212 g/mol. The van der Waals surface area contributed by atoms with E-state index in [1.54, 1.807) is 0 Å². The number of nitrogens with zero attached hydrogens (tertiary/aromatic N) is 3. The van der Waals surface area contributed by atoms with Gasteiger partial charge >= 0.3 is 0 Å². The van der Waals surface area contributed by atoms with Crippen molar-refractivity contribution in [1.82, 2.24) is 15.1 Å². The van der Waals surface area contributed by atoms with Crippen molar-refractivity contribution in [2.45, 2.75) is 51.6 Å². The molecule has 2 unspecified atom stereocenters. The molecule has 0 bridgehead atoms. The quantitative estimate of drug-likeness (QED) is 0.848. The molecule has 1 aliphatic carbocycles. The first kappa shape index (κ1) is 12.1. The zero-order valence-corrected chi connectivity index (χ0v) is 11.0. The molecule has 0 aromatic carbocycles. The Kier molecular flexibility index (Phi) is 2.96. The van der Waals surface area contributed by atoms with Crippen LogP contribution >= 0.6 is 0 Å². The Morgan fingerprint density at radius 3 is 2.59 bits per heavy atom. The van der Waals surface area contributed by atoms with Crippen molar-refractivity contribution in [3.8, 4) is 6.07 Å². The first-order chi connectivity index (χ1) is 8.03. The van der Waals surface area contributed by atoms with E-state index in [1.165, 1.54) is 11.3 Å². The van der Waals surface area contributed by atoms with Crippen LogP contribution < -0.4 is 5.32 Å². The maximum absolute atomic E-state index is 9.27. The van der Waals surface area contributed by atoms with Gasteiger partial charge in [-0.3, -0.25) is 4.68 Å². The molecule has 1 fully saturated rings. The summed E-state index contributed by atoms with van der Waals surface area (Å²) in [6.45, 7) is 6.27. The van der Waals surface area contributed by atoms with E-state index >= 15 is 0 Å². The number of nitriles is 1. The van der Waals surface area contributed by atoms with Crippen molar-refractivity contribution < 1.29 is 0 Å². The van der Waals surface area contributed by atoms with Crippen LogP contribution in [0.4, 0.5) is 0 Å². The fourth-order valence-corrected chi connectivity index (χ4v) is 2.71. The summed E-state index contributed by atoms with van der Waals surface area (Å²) in [7, 11) is 1.87. The summed E-state index contributed by atoms with van der Waals surface area (Å²) in [5.41, 5.74) is 3.24. The van der Waals surface area contributed by atoms with E-state index < -0.39 is 0 Å². The molecule has 1 aliphatic rings. The monoisotopic (exact) mass is 232 g/mol. The molecule has 0 amide bonds. The highest BCUT2D eigenvalue weighted by Crippen LogP contribution is 2.38. The Morgan fingerprint density at radius 1 is 1.47 bits per heavy atom. The summed E-state index contributed by atoms with van der Waals surface area (Å²) in [6.07, 6.45) is 2.78. The molecule has 1 N–H and O–H groups in total. The Balaban J connectivity index is 2.27. The van der Waals surface area contributed by atoms with Gasteiger partial charge in [0.05, 0.1) is 17.8 Å². The molecular formula is C13H20N4. The van der Waals surface area contributed by atoms with E-state index in [0.29, 0.717) is 6.04 Å². The molecule has 0 saturated heterocycles. The molecule has 1 saturated carbocycles. The number of aromatic nitrogens is 2. The third-order valence-electron chi connectivity index (χ3n) is 4.21. The van der Waals surface area contributed by atoms with Crippen LogP contribution in [-0.2, 0) is 0 Å².